The zero-order chi connectivity index (χ0) is 15.6. The SMILES string of the molecule is Cc1c(C(=O)NCC(C)(C)CCO)oc2c(F)cccc12. The Kier molecular flexibility index (Phi) is 4.32. The van der Waals surface area contributed by atoms with Crippen molar-refractivity contribution < 1.29 is 18.7 Å². The maximum absolute atomic E-state index is 13.7. The van der Waals surface area contributed by atoms with E-state index in [1.807, 2.05) is 13.8 Å². The quantitative estimate of drug-likeness (QED) is 0.890. The standard InChI is InChI=1S/C16H20FNO3/c1-10-11-5-4-6-12(17)14(11)21-13(10)15(20)18-9-16(2,3)7-8-19/h4-6,19H,7-9H2,1-3H3,(H,18,20). The number of carbonyl (C=O) groups excluding carboxylic acids is 1. The number of carbonyl (C=O) groups is 1. The maximum Gasteiger partial charge on any atom is 0.287 e. The zero-order valence-electron chi connectivity index (χ0n) is 12.5. The molecule has 0 fully saturated rings. The van der Waals surface area contributed by atoms with Gasteiger partial charge in [0.15, 0.2) is 17.2 Å². The lowest BCUT2D eigenvalue weighted by molar-refractivity contribution is 0.0901. The third kappa shape index (κ3) is 3.24. The summed E-state index contributed by atoms with van der Waals surface area (Å²) in [6.45, 7) is 6.12. The van der Waals surface area contributed by atoms with Crippen LogP contribution in [-0.4, -0.2) is 24.2 Å². The predicted octanol–water partition coefficient (Wildman–Crippen LogP) is 3.02. The second-order valence-corrected chi connectivity index (χ2v) is 5.99. The number of amides is 1. The van der Waals surface area contributed by atoms with Crippen LogP contribution in [0, 0.1) is 18.2 Å². The summed E-state index contributed by atoms with van der Waals surface area (Å²) in [4.78, 5) is 12.2. The Morgan fingerprint density at radius 3 is 2.76 bits per heavy atom. The number of furan rings is 1. The molecular weight excluding hydrogens is 273 g/mol. The minimum atomic E-state index is -0.477. The minimum absolute atomic E-state index is 0.0672. The highest BCUT2D eigenvalue weighted by molar-refractivity contribution is 5.99. The lowest BCUT2D eigenvalue weighted by Gasteiger charge is -2.23. The van der Waals surface area contributed by atoms with E-state index in [-0.39, 0.29) is 29.3 Å². The molecular formula is C16H20FNO3. The number of aliphatic hydroxyl groups excluding tert-OH is 1. The summed E-state index contributed by atoms with van der Waals surface area (Å²) in [5, 5.41) is 12.4. The summed E-state index contributed by atoms with van der Waals surface area (Å²) < 4.78 is 19.0. The van der Waals surface area contributed by atoms with Gasteiger partial charge in [-0.05, 0) is 24.8 Å². The summed E-state index contributed by atoms with van der Waals surface area (Å²) in [5.74, 6) is -0.709. The number of aliphatic hydroxyl groups is 1. The molecule has 21 heavy (non-hydrogen) atoms. The molecule has 0 aliphatic heterocycles. The predicted molar refractivity (Wildman–Crippen MR) is 78.7 cm³/mol. The first-order chi connectivity index (χ1) is 9.85. The number of rotatable bonds is 5. The first-order valence-electron chi connectivity index (χ1n) is 6.92. The fourth-order valence-electron chi connectivity index (χ4n) is 2.22. The molecule has 2 N–H and O–H groups in total. The second kappa shape index (κ2) is 5.85. The molecule has 0 aliphatic rings. The van der Waals surface area contributed by atoms with Crippen molar-refractivity contribution in [3.8, 4) is 0 Å². The molecule has 0 aliphatic carbocycles. The van der Waals surface area contributed by atoms with Crippen LogP contribution >= 0.6 is 0 Å². The number of halogens is 1. The lowest BCUT2D eigenvalue weighted by Crippen LogP contribution is -2.34. The first-order valence-corrected chi connectivity index (χ1v) is 6.92. The van der Waals surface area contributed by atoms with E-state index in [1.54, 1.807) is 19.1 Å². The molecule has 0 saturated heterocycles. The fourth-order valence-corrected chi connectivity index (χ4v) is 2.22. The first kappa shape index (κ1) is 15.5. The van der Waals surface area contributed by atoms with Gasteiger partial charge in [-0.3, -0.25) is 4.79 Å². The molecule has 0 saturated carbocycles. The van der Waals surface area contributed by atoms with Gasteiger partial charge in [0.2, 0.25) is 0 Å². The Morgan fingerprint density at radius 1 is 1.43 bits per heavy atom. The van der Waals surface area contributed by atoms with Gasteiger partial charge in [-0.25, -0.2) is 4.39 Å². The smallest absolute Gasteiger partial charge is 0.287 e. The van der Waals surface area contributed by atoms with Crippen molar-refractivity contribution in [2.45, 2.75) is 27.2 Å². The number of benzene rings is 1. The van der Waals surface area contributed by atoms with Crippen LogP contribution in [0.4, 0.5) is 4.39 Å². The van der Waals surface area contributed by atoms with Crippen molar-refractivity contribution >= 4 is 16.9 Å². The molecule has 1 amide bonds. The third-order valence-electron chi connectivity index (χ3n) is 3.64. The summed E-state index contributed by atoms with van der Waals surface area (Å²) >= 11 is 0. The largest absolute Gasteiger partial charge is 0.448 e. The summed E-state index contributed by atoms with van der Waals surface area (Å²) in [6.07, 6.45) is 0.584. The Bertz CT molecular complexity index is 661. The molecule has 0 atom stereocenters. The van der Waals surface area contributed by atoms with Crippen molar-refractivity contribution in [3.05, 3.63) is 35.3 Å². The Labute approximate surface area is 122 Å². The van der Waals surface area contributed by atoms with Gasteiger partial charge < -0.3 is 14.8 Å². The average molecular weight is 293 g/mol. The van der Waals surface area contributed by atoms with Gasteiger partial charge in [0, 0.05) is 24.1 Å². The Hall–Kier alpha value is -1.88. The molecule has 0 spiro atoms. The molecule has 2 rings (SSSR count). The van der Waals surface area contributed by atoms with Crippen LogP contribution in [0.25, 0.3) is 11.0 Å². The van der Waals surface area contributed by atoms with Crippen LogP contribution in [0.3, 0.4) is 0 Å². The molecule has 114 valence electrons. The number of hydrogen-bond donors (Lipinski definition) is 2. The van der Waals surface area contributed by atoms with Gasteiger partial charge in [-0.1, -0.05) is 26.0 Å². The Balaban J connectivity index is 2.20. The summed E-state index contributed by atoms with van der Waals surface area (Å²) in [6, 6.07) is 4.62. The maximum atomic E-state index is 13.7. The average Bonchev–Trinajstić information content (AvgIpc) is 2.76. The molecule has 0 unspecified atom stereocenters. The Morgan fingerprint density at radius 2 is 2.14 bits per heavy atom. The normalized spacial score (nSPS) is 11.9. The topological polar surface area (TPSA) is 62.5 Å². The van der Waals surface area contributed by atoms with Crippen LogP contribution in [-0.2, 0) is 0 Å². The number of nitrogens with one attached hydrogen (secondary N) is 1. The molecule has 0 radical (unpaired) electrons. The number of para-hydroxylation sites is 1. The van der Waals surface area contributed by atoms with Crippen LogP contribution in [0.5, 0.6) is 0 Å². The van der Waals surface area contributed by atoms with E-state index in [4.69, 9.17) is 9.52 Å². The van der Waals surface area contributed by atoms with E-state index in [9.17, 15) is 9.18 Å². The number of fused-ring (bicyclic) bond motifs is 1. The second-order valence-electron chi connectivity index (χ2n) is 5.99. The van der Waals surface area contributed by atoms with Crippen LogP contribution < -0.4 is 5.32 Å². The van der Waals surface area contributed by atoms with Crippen molar-refractivity contribution in [1.29, 1.82) is 0 Å². The van der Waals surface area contributed by atoms with Crippen molar-refractivity contribution in [3.63, 3.8) is 0 Å². The van der Waals surface area contributed by atoms with Gasteiger partial charge in [0.05, 0.1) is 0 Å². The van der Waals surface area contributed by atoms with Crippen LogP contribution in [0.2, 0.25) is 0 Å². The molecule has 0 bridgehead atoms. The monoisotopic (exact) mass is 293 g/mol. The minimum Gasteiger partial charge on any atom is -0.448 e. The van der Waals surface area contributed by atoms with E-state index in [2.05, 4.69) is 5.32 Å². The van der Waals surface area contributed by atoms with E-state index in [0.29, 0.717) is 23.9 Å². The van der Waals surface area contributed by atoms with E-state index in [0.717, 1.165) is 0 Å². The summed E-state index contributed by atoms with van der Waals surface area (Å²) in [7, 11) is 0. The molecule has 1 aromatic carbocycles. The molecule has 5 heteroatoms. The van der Waals surface area contributed by atoms with Crippen LogP contribution in [0.1, 0.15) is 36.4 Å². The molecule has 4 nitrogen and oxygen atoms in total. The zero-order valence-corrected chi connectivity index (χ0v) is 12.5. The van der Waals surface area contributed by atoms with Gasteiger partial charge in [0.25, 0.3) is 5.91 Å². The highest BCUT2D eigenvalue weighted by atomic mass is 19.1. The van der Waals surface area contributed by atoms with Gasteiger partial charge in [-0.2, -0.15) is 0 Å². The highest BCUT2D eigenvalue weighted by Crippen LogP contribution is 2.27. The molecule has 1 heterocycles. The van der Waals surface area contributed by atoms with Crippen molar-refractivity contribution in [1.82, 2.24) is 5.32 Å². The number of hydrogen-bond acceptors (Lipinski definition) is 3. The molecule has 1 aromatic heterocycles. The van der Waals surface area contributed by atoms with E-state index < -0.39 is 5.82 Å². The molecule has 2 aromatic rings. The van der Waals surface area contributed by atoms with Gasteiger partial charge >= 0.3 is 0 Å². The lowest BCUT2D eigenvalue weighted by atomic mass is 9.90. The summed E-state index contributed by atoms with van der Waals surface area (Å²) in [5.41, 5.74) is 0.520. The highest BCUT2D eigenvalue weighted by Gasteiger charge is 2.22. The number of aryl methyl sites for hydroxylation is 1. The van der Waals surface area contributed by atoms with E-state index in [1.165, 1.54) is 6.07 Å². The fraction of sp³-hybridized carbons (Fsp3) is 0.438. The van der Waals surface area contributed by atoms with Gasteiger partial charge in [-0.15, -0.1) is 0 Å². The van der Waals surface area contributed by atoms with E-state index >= 15 is 0 Å². The van der Waals surface area contributed by atoms with Crippen molar-refractivity contribution in [2.75, 3.05) is 13.2 Å². The van der Waals surface area contributed by atoms with Gasteiger partial charge in [0.1, 0.15) is 0 Å². The third-order valence-corrected chi connectivity index (χ3v) is 3.64. The van der Waals surface area contributed by atoms with Crippen molar-refractivity contribution in [2.24, 2.45) is 5.41 Å². The van der Waals surface area contributed by atoms with Crippen LogP contribution in [0.15, 0.2) is 22.6 Å².